The van der Waals surface area contributed by atoms with Gasteiger partial charge in [0.25, 0.3) is 0 Å². The minimum absolute atomic E-state index is 0.0506. The van der Waals surface area contributed by atoms with E-state index in [9.17, 15) is 4.79 Å². The molecule has 0 spiro atoms. The third kappa shape index (κ3) is 4.11. The van der Waals surface area contributed by atoms with Crippen LogP contribution in [0.15, 0.2) is 54.6 Å². The number of benzene rings is 2. The molecule has 2 fully saturated rings. The van der Waals surface area contributed by atoms with Crippen LogP contribution in [0.25, 0.3) is 0 Å². The molecule has 0 radical (unpaired) electrons. The van der Waals surface area contributed by atoms with E-state index in [0.717, 1.165) is 23.9 Å². The molecule has 2 unspecified atom stereocenters. The number of carbonyl (C=O) groups is 1. The summed E-state index contributed by atoms with van der Waals surface area (Å²) >= 11 is 0. The van der Waals surface area contributed by atoms with E-state index < -0.39 is 0 Å². The predicted molar refractivity (Wildman–Crippen MR) is 117 cm³/mol. The number of fused-ring (bicyclic) bond motifs is 2. The van der Waals surface area contributed by atoms with E-state index >= 15 is 0 Å². The fourth-order valence-corrected chi connectivity index (χ4v) is 5.34. The van der Waals surface area contributed by atoms with Gasteiger partial charge in [0.1, 0.15) is 12.6 Å². The summed E-state index contributed by atoms with van der Waals surface area (Å²) in [4.78, 5) is 12.5. The van der Waals surface area contributed by atoms with Gasteiger partial charge >= 0.3 is 5.97 Å². The molecule has 3 heteroatoms. The molecule has 2 aliphatic rings. The normalized spacial score (nSPS) is 28.9. The van der Waals surface area contributed by atoms with Gasteiger partial charge in [0.15, 0.2) is 0 Å². The molecule has 0 N–H and O–H groups in total. The van der Waals surface area contributed by atoms with E-state index in [-0.39, 0.29) is 17.5 Å². The summed E-state index contributed by atoms with van der Waals surface area (Å²) < 4.78 is 7.00. The van der Waals surface area contributed by atoms with Crippen molar-refractivity contribution in [3.63, 3.8) is 0 Å². The van der Waals surface area contributed by atoms with Gasteiger partial charge in [0.05, 0.1) is 24.7 Å². The Labute approximate surface area is 175 Å². The monoisotopic (exact) mass is 392 g/mol. The molecule has 0 aromatic heterocycles. The Morgan fingerprint density at radius 3 is 2.10 bits per heavy atom. The van der Waals surface area contributed by atoms with Crippen LogP contribution in [0.5, 0.6) is 0 Å². The number of esters is 1. The standard InChI is InChI=1S/C26H34NO2/c1-26(2,3)21-12-10-19(11-13-21)18-27(4)22-14-15-23(27)17-24(16-22)29-25(28)20-8-6-5-7-9-20/h5-13,22-24H,14-18H2,1-4H3/q+1. The second-order valence-electron chi connectivity index (χ2n) is 10.2. The zero-order chi connectivity index (χ0) is 20.6. The Morgan fingerprint density at radius 2 is 1.55 bits per heavy atom. The van der Waals surface area contributed by atoms with E-state index in [1.165, 1.54) is 24.0 Å². The van der Waals surface area contributed by atoms with Crippen molar-refractivity contribution in [3.05, 3.63) is 71.3 Å². The number of piperidine rings is 1. The van der Waals surface area contributed by atoms with Gasteiger partial charge in [0.2, 0.25) is 0 Å². The summed E-state index contributed by atoms with van der Waals surface area (Å²) in [5.41, 5.74) is 3.65. The number of ether oxygens (including phenoxy) is 1. The van der Waals surface area contributed by atoms with Gasteiger partial charge in [-0.15, -0.1) is 0 Å². The van der Waals surface area contributed by atoms with Gasteiger partial charge < -0.3 is 9.22 Å². The summed E-state index contributed by atoms with van der Waals surface area (Å²) in [5.74, 6) is -0.177. The van der Waals surface area contributed by atoms with Crippen LogP contribution in [-0.4, -0.2) is 35.7 Å². The Kier molecular flexibility index (Phi) is 5.29. The molecule has 2 aromatic carbocycles. The first kappa shape index (κ1) is 20.2. The fourth-order valence-electron chi connectivity index (χ4n) is 5.34. The second-order valence-corrected chi connectivity index (χ2v) is 10.2. The zero-order valence-electron chi connectivity index (χ0n) is 18.2. The van der Waals surface area contributed by atoms with E-state index in [1.807, 2.05) is 30.3 Å². The van der Waals surface area contributed by atoms with E-state index in [4.69, 9.17) is 4.74 Å². The summed E-state index contributed by atoms with van der Waals surface area (Å²) in [6, 6.07) is 19.7. The maximum atomic E-state index is 12.5. The van der Waals surface area contributed by atoms with Crippen LogP contribution in [0.1, 0.15) is 67.9 Å². The molecule has 2 aromatic rings. The molecule has 2 aliphatic heterocycles. The highest BCUT2D eigenvalue weighted by Gasteiger charge is 2.52. The van der Waals surface area contributed by atoms with Crippen LogP contribution in [0.3, 0.4) is 0 Å². The number of quaternary nitrogens is 1. The lowest BCUT2D eigenvalue weighted by atomic mass is 9.86. The zero-order valence-corrected chi connectivity index (χ0v) is 18.2. The lowest BCUT2D eigenvalue weighted by Crippen LogP contribution is -2.58. The van der Waals surface area contributed by atoms with E-state index in [1.54, 1.807) is 0 Å². The molecule has 154 valence electrons. The largest absolute Gasteiger partial charge is 0.458 e. The van der Waals surface area contributed by atoms with Crippen LogP contribution in [0, 0.1) is 0 Å². The first-order valence-corrected chi connectivity index (χ1v) is 11.0. The van der Waals surface area contributed by atoms with Gasteiger partial charge in [0, 0.05) is 31.2 Å². The Balaban J connectivity index is 1.42. The van der Waals surface area contributed by atoms with Crippen molar-refractivity contribution in [2.24, 2.45) is 0 Å². The number of hydrogen-bond acceptors (Lipinski definition) is 2. The fraction of sp³-hybridized carbons (Fsp3) is 0.500. The quantitative estimate of drug-likeness (QED) is 0.509. The van der Waals surface area contributed by atoms with Crippen molar-refractivity contribution < 1.29 is 14.0 Å². The van der Waals surface area contributed by atoms with Crippen molar-refractivity contribution in [1.29, 1.82) is 0 Å². The SMILES string of the molecule is CC(C)(C)c1ccc(C[N+]2(C)C3CCC2CC(OC(=O)c2ccccc2)C3)cc1. The first-order valence-electron chi connectivity index (χ1n) is 11.0. The van der Waals surface area contributed by atoms with Crippen molar-refractivity contribution in [3.8, 4) is 0 Å². The highest BCUT2D eigenvalue weighted by atomic mass is 16.5. The molecule has 0 saturated carbocycles. The molecule has 0 aliphatic carbocycles. The number of nitrogens with zero attached hydrogens (tertiary/aromatic N) is 1. The molecule has 4 rings (SSSR count). The molecule has 2 atom stereocenters. The van der Waals surface area contributed by atoms with Crippen LogP contribution >= 0.6 is 0 Å². The predicted octanol–water partition coefficient (Wildman–Crippen LogP) is 5.48. The molecule has 2 bridgehead atoms. The number of hydrogen-bond donors (Lipinski definition) is 0. The van der Waals surface area contributed by atoms with Crippen molar-refractivity contribution >= 4 is 5.97 Å². The van der Waals surface area contributed by atoms with Gasteiger partial charge in [-0.3, -0.25) is 0 Å². The number of carbonyl (C=O) groups excluding carboxylic acids is 1. The third-order valence-electron chi connectivity index (χ3n) is 7.20. The highest BCUT2D eigenvalue weighted by molar-refractivity contribution is 5.89. The molecular weight excluding hydrogens is 358 g/mol. The topological polar surface area (TPSA) is 26.3 Å². The average Bonchev–Trinajstić information content (AvgIpc) is 2.85. The Hall–Kier alpha value is -2.13. The Morgan fingerprint density at radius 1 is 0.966 bits per heavy atom. The maximum absolute atomic E-state index is 12.5. The third-order valence-corrected chi connectivity index (χ3v) is 7.20. The van der Waals surface area contributed by atoms with Crippen molar-refractivity contribution in [2.45, 2.75) is 76.6 Å². The van der Waals surface area contributed by atoms with Crippen LogP contribution < -0.4 is 0 Å². The average molecular weight is 393 g/mol. The van der Waals surface area contributed by atoms with E-state index in [2.05, 4.69) is 52.1 Å². The molecule has 2 heterocycles. The minimum atomic E-state index is -0.177. The van der Waals surface area contributed by atoms with Crippen molar-refractivity contribution in [2.75, 3.05) is 7.05 Å². The van der Waals surface area contributed by atoms with Crippen LogP contribution in [0.4, 0.5) is 0 Å². The summed E-state index contributed by atoms with van der Waals surface area (Å²) in [6.07, 6.45) is 4.48. The van der Waals surface area contributed by atoms with Gasteiger partial charge in [-0.05, 0) is 23.1 Å². The molecule has 0 amide bonds. The van der Waals surface area contributed by atoms with E-state index in [0.29, 0.717) is 17.6 Å². The molecule has 29 heavy (non-hydrogen) atoms. The smallest absolute Gasteiger partial charge is 0.338 e. The van der Waals surface area contributed by atoms with Gasteiger partial charge in [-0.25, -0.2) is 4.79 Å². The van der Waals surface area contributed by atoms with Crippen LogP contribution in [0.2, 0.25) is 0 Å². The highest BCUT2D eigenvalue weighted by Crippen LogP contribution is 2.43. The van der Waals surface area contributed by atoms with Gasteiger partial charge in [-0.2, -0.15) is 0 Å². The second kappa shape index (κ2) is 7.60. The lowest BCUT2D eigenvalue weighted by molar-refractivity contribution is -0.961. The lowest BCUT2D eigenvalue weighted by Gasteiger charge is -2.47. The van der Waals surface area contributed by atoms with Crippen molar-refractivity contribution in [1.82, 2.24) is 0 Å². The molecular formula is C26H34NO2+. The minimum Gasteiger partial charge on any atom is -0.458 e. The maximum Gasteiger partial charge on any atom is 0.338 e. The summed E-state index contributed by atoms with van der Waals surface area (Å²) in [5, 5.41) is 0. The summed E-state index contributed by atoms with van der Waals surface area (Å²) in [7, 11) is 2.41. The van der Waals surface area contributed by atoms with Crippen LogP contribution in [-0.2, 0) is 16.7 Å². The summed E-state index contributed by atoms with van der Waals surface area (Å²) in [6.45, 7) is 7.85. The molecule has 2 saturated heterocycles. The number of rotatable bonds is 4. The molecule has 3 nitrogen and oxygen atoms in total. The first-order chi connectivity index (χ1) is 13.8. The Bertz CT molecular complexity index is 837. The van der Waals surface area contributed by atoms with Gasteiger partial charge in [-0.1, -0.05) is 63.2 Å².